The minimum absolute atomic E-state index is 0.0359. The van der Waals surface area contributed by atoms with Gasteiger partial charge in [0.05, 0.1) is 18.4 Å². The van der Waals surface area contributed by atoms with Gasteiger partial charge in [0.1, 0.15) is 23.7 Å². The number of carboxylic acids is 1. The molecule has 0 unspecified atom stereocenters. The lowest BCUT2D eigenvalue weighted by Gasteiger charge is -2.12. The predicted octanol–water partition coefficient (Wildman–Crippen LogP) is 1.91. The lowest BCUT2D eigenvalue weighted by molar-refractivity contribution is 0.0538. The van der Waals surface area contributed by atoms with Gasteiger partial charge >= 0.3 is 5.97 Å². The number of ether oxygens (including phenoxy) is 2. The molecular weight excluding hydrogens is 241 g/mol. The Labute approximate surface area is 104 Å². The zero-order valence-corrected chi connectivity index (χ0v) is 10.3. The van der Waals surface area contributed by atoms with Gasteiger partial charge in [-0.3, -0.25) is 0 Å². The van der Waals surface area contributed by atoms with Crippen LogP contribution in [0.1, 0.15) is 24.2 Å². The molecule has 0 aliphatic rings. The van der Waals surface area contributed by atoms with Crippen molar-refractivity contribution in [2.24, 2.45) is 0 Å². The second-order valence-corrected chi connectivity index (χ2v) is 3.91. The smallest absolute Gasteiger partial charge is 0.341 e. The highest BCUT2D eigenvalue weighted by Crippen LogP contribution is 2.27. The van der Waals surface area contributed by atoms with Gasteiger partial charge in [0.25, 0.3) is 0 Å². The summed E-state index contributed by atoms with van der Waals surface area (Å²) in [6, 6.07) is 2.31. The van der Waals surface area contributed by atoms with Crippen LogP contribution in [0, 0.1) is 5.82 Å². The van der Waals surface area contributed by atoms with Gasteiger partial charge in [-0.2, -0.15) is 0 Å². The average Bonchev–Trinajstić information content (AvgIpc) is 2.28. The SMILES string of the molecule is CC(C)OCCOc1ccc(F)c(N)c1C(=O)O. The molecule has 0 saturated carbocycles. The highest BCUT2D eigenvalue weighted by molar-refractivity contribution is 5.96. The average molecular weight is 257 g/mol. The summed E-state index contributed by atoms with van der Waals surface area (Å²) in [6.07, 6.45) is 0.0610. The first-order valence-electron chi connectivity index (χ1n) is 5.49. The maximum atomic E-state index is 13.1. The van der Waals surface area contributed by atoms with Crippen LogP contribution < -0.4 is 10.5 Å². The fraction of sp³-hybridized carbons (Fsp3) is 0.417. The van der Waals surface area contributed by atoms with Crippen LogP contribution >= 0.6 is 0 Å². The Balaban J connectivity index is 2.76. The van der Waals surface area contributed by atoms with Crippen LogP contribution in [0.3, 0.4) is 0 Å². The van der Waals surface area contributed by atoms with Crippen molar-refractivity contribution in [1.29, 1.82) is 0 Å². The van der Waals surface area contributed by atoms with E-state index in [0.717, 1.165) is 6.07 Å². The second kappa shape index (κ2) is 6.20. The van der Waals surface area contributed by atoms with E-state index in [4.69, 9.17) is 20.3 Å². The van der Waals surface area contributed by atoms with Crippen molar-refractivity contribution in [2.45, 2.75) is 20.0 Å². The van der Waals surface area contributed by atoms with E-state index < -0.39 is 17.5 Å². The molecule has 0 heterocycles. The number of hydrogen-bond donors (Lipinski definition) is 2. The van der Waals surface area contributed by atoms with Crippen molar-refractivity contribution < 1.29 is 23.8 Å². The molecule has 0 aliphatic heterocycles. The van der Waals surface area contributed by atoms with Crippen LogP contribution in [0.2, 0.25) is 0 Å². The van der Waals surface area contributed by atoms with Crippen LogP contribution in [0.5, 0.6) is 5.75 Å². The first kappa shape index (κ1) is 14.2. The van der Waals surface area contributed by atoms with Crippen molar-refractivity contribution in [2.75, 3.05) is 18.9 Å². The highest BCUT2D eigenvalue weighted by atomic mass is 19.1. The fourth-order valence-corrected chi connectivity index (χ4v) is 1.35. The number of halogens is 1. The zero-order valence-electron chi connectivity index (χ0n) is 10.3. The van der Waals surface area contributed by atoms with Crippen molar-refractivity contribution in [3.05, 3.63) is 23.5 Å². The number of hydrogen-bond acceptors (Lipinski definition) is 4. The molecule has 18 heavy (non-hydrogen) atoms. The topological polar surface area (TPSA) is 81.8 Å². The molecule has 3 N–H and O–H groups in total. The number of benzene rings is 1. The molecule has 0 fully saturated rings. The molecule has 1 aromatic rings. The number of carboxylic acid groups (broad SMARTS) is 1. The molecular formula is C12H16FNO4. The van der Waals surface area contributed by atoms with E-state index in [1.807, 2.05) is 13.8 Å². The normalized spacial score (nSPS) is 10.7. The Morgan fingerprint density at radius 2 is 2.11 bits per heavy atom. The molecule has 0 atom stereocenters. The highest BCUT2D eigenvalue weighted by Gasteiger charge is 2.18. The molecule has 0 aliphatic carbocycles. The fourth-order valence-electron chi connectivity index (χ4n) is 1.35. The zero-order chi connectivity index (χ0) is 13.7. The first-order chi connectivity index (χ1) is 8.43. The quantitative estimate of drug-likeness (QED) is 0.601. The Hall–Kier alpha value is -1.82. The third kappa shape index (κ3) is 3.59. The Morgan fingerprint density at radius 3 is 2.67 bits per heavy atom. The largest absolute Gasteiger partial charge is 0.490 e. The number of anilines is 1. The molecule has 100 valence electrons. The Kier molecular flexibility index (Phi) is 4.91. The van der Waals surface area contributed by atoms with Crippen LogP contribution in [0.25, 0.3) is 0 Å². The van der Waals surface area contributed by atoms with Crippen molar-refractivity contribution in [1.82, 2.24) is 0 Å². The number of aromatic carboxylic acids is 1. The summed E-state index contributed by atoms with van der Waals surface area (Å²) in [6.45, 7) is 4.23. The van der Waals surface area contributed by atoms with Crippen LogP contribution in [-0.2, 0) is 4.74 Å². The molecule has 1 aromatic carbocycles. The van der Waals surface area contributed by atoms with E-state index in [1.54, 1.807) is 0 Å². The summed E-state index contributed by atoms with van der Waals surface area (Å²) in [5, 5.41) is 8.96. The lowest BCUT2D eigenvalue weighted by atomic mass is 10.1. The Bertz CT molecular complexity index is 434. The van der Waals surface area contributed by atoms with Gasteiger partial charge in [-0.1, -0.05) is 0 Å². The minimum atomic E-state index is -1.33. The van der Waals surface area contributed by atoms with Crippen molar-refractivity contribution >= 4 is 11.7 Å². The molecule has 0 amide bonds. The summed E-state index contributed by atoms with van der Waals surface area (Å²) < 4.78 is 23.6. The molecule has 0 radical (unpaired) electrons. The van der Waals surface area contributed by atoms with Gasteiger partial charge in [0.2, 0.25) is 0 Å². The summed E-state index contributed by atoms with van der Waals surface area (Å²) in [5.74, 6) is -2.07. The molecule has 0 spiro atoms. The van der Waals surface area contributed by atoms with Gasteiger partial charge in [0, 0.05) is 0 Å². The van der Waals surface area contributed by atoms with Crippen LogP contribution in [-0.4, -0.2) is 30.4 Å². The maximum absolute atomic E-state index is 13.1. The summed E-state index contributed by atoms with van der Waals surface area (Å²) >= 11 is 0. The van der Waals surface area contributed by atoms with E-state index >= 15 is 0 Å². The lowest BCUT2D eigenvalue weighted by Crippen LogP contribution is -2.14. The molecule has 6 heteroatoms. The minimum Gasteiger partial charge on any atom is -0.490 e. The number of nitrogen functional groups attached to an aromatic ring is 1. The monoisotopic (exact) mass is 257 g/mol. The molecule has 0 aromatic heterocycles. The second-order valence-electron chi connectivity index (χ2n) is 3.91. The predicted molar refractivity (Wildman–Crippen MR) is 64.4 cm³/mol. The van der Waals surface area contributed by atoms with Gasteiger partial charge in [-0.15, -0.1) is 0 Å². The third-order valence-electron chi connectivity index (χ3n) is 2.16. The molecule has 0 bridgehead atoms. The van der Waals surface area contributed by atoms with E-state index in [9.17, 15) is 9.18 Å². The first-order valence-corrected chi connectivity index (χ1v) is 5.49. The maximum Gasteiger partial charge on any atom is 0.341 e. The number of rotatable bonds is 6. The van der Waals surface area contributed by atoms with E-state index in [-0.39, 0.29) is 24.0 Å². The molecule has 1 rings (SSSR count). The van der Waals surface area contributed by atoms with E-state index in [1.165, 1.54) is 6.07 Å². The van der Waals surface area contributed by atoms with Crippen LogP contribution in [0.4, 0.5) is 10.1 Å². The molecule has 0 saturated heterocycles. The van der Waals surface area contributed by atoms with Gasteiger partial charge in [-0.05, 0) is 26.0 Å². The van der Waals surface area contributed by atoms with E-state index in [0.29, 0.717) is 6.61 Å². The Morgan fingerprint density at radius 1 is 1.44 bits per heavy atom. The third-order valence-corrected chi connectivity index (χ3v) is 2.16. The van der Waals surface area contributed by atoms with Crippen molar-refractivity contribution in [3.8, 4) is 5.75 Å². The van der Waals surface area contributed by atoms with E-state index in [2.05, 4.69) is 0 Å². The van der Waals surface area contributed by atoms with Crippen molar-refractivity contribution in [3.63, 3.8) is 0 Å². The number of nitrogens with two attached hydrogens (primary N) is 1. The summed E-state index contributed by atoms with van der Waals surface area (Å²) in [4.78, 5) is 11.0. The van der Waals surface area contributed by atoms with Gasteiger partial charge in [0.15, 0.2) is 0 Å². The van der Waals surface area contributed by atoms with Gasteiger partial charge < -0.3 is 20.3 Å². The van der Waals surface area contributed by atoms with Crippen LogP contribution in [0.15, 0.2) is 12.1 Å². The summed E-state index contributed by atoms with van der Waals surface area (Å²) in [7, 11) is 0. The standard InChI is InChI=1S/C12H16FNO4/c1-7(2)17-5-6-18-9-4-3-8(13)11(14)10(9)12(15)16/h3-4,7H,5-6,14H2,1-2H3,(H,15,16). The number of carbonyl (C=O) groups is 1. The van der Waals surface area contributed by atoms with Gasteiger partial charge in [-0.25, -0.2) is 9.18 Å². The summed E-state index contributed by atoms with van der Waals surface area (Å²) in [5.41, 5.74) is 4.58. The molecule has 5 nitrogen and oxygen atoms in total.